The molecule has 1 amide bonds. The minimum absolute atomic E-state index is 0.0632. The molecule has 4 heterocycles. The first kappa shape index (κ1) is 13.4. The minimum atomic E-state index is -0.279. The van der Waals surface area contributed by atoms with Crippen molar-refractivity contribution in [3.63, 3.8) is 0 Å². The highest BCUT2D eigenvalue weighted by molar-refractivity contribution is 6.01. The molecule has 0 bridgehead atoms. The number of pyridine rings is 1. The fourth-order valence-electron chi connectivity index (χ4n) is 3.89. The summed E-state index contributed by atoms with van der Waals surface area (Å²) in [4.78, 5) is 38.5. The van der Waals surface area contributed by atoms with Crippen LogP contribution in [-0.4, -0.2) is 32.3 Å². The Labute approximate surface area is 137 Å². The lowest BCUT2D eigenvalue weighted by atomic mass is 9.94. The summed E-state index contributed by atoms with van der Waals surface area (Å²) in [6.45, 7) is 0.781. The van der Waals surface area contributed by atoms with Gasteiger partial charge in [0.15, 0.2) is 5.65 Å². The number of aromatic amines is 1. The zero-order chi connectivity index (χ0) is 16.3. The lowest BCUT2D eigenvalue weighted by Crippen LogP contribution is -2.22. The summed E-state index contributed by atoms with van der Waals surface area (Å²) >= 11 is 0. The van der Waals surface area contributed by atoms with Gasteiger partial charge in [-0.3, -0.25) is 9.59 Å². The topological polar surface area (TPSA) is 79.0 Å². The summed E-state index contributed by atoms with van der Waals surface area (Å²) in [5.74, 6) is 0.0632. The van der Waals surface area contributed by atoms with Crippen molar-refractivity contribution in [1.82, 2.24) is 19.9 Å². The Kier molecular flexibility index (Phi) is 2.65. The van der Waals surface area contributed by atoms with Gasteiger partial charge < -0.3 is 9.88 Å². The molecule has 5 rings (SSSR count). The molecule has 1 unspecified atom stereocenters. The number of fused-ring (bicyclic) bond motifs is 4. The predicted molar refractivity (Wildman–Crippen MR) is 88.6 cm³/mol. The Hall–Kier alpha value is -3.02. The van der Waals surface area contributed by atoms with E-state index in [0.717, 1.165) is 30.5 Å². The molecule has 0 saturated carbocycles. The third-order valence-electron chi connectivity index (χ3n) is 4.90. The Morgan fingerprint density at radius 3 is 2.92 bits per heavy atom. The first-order chi connectivity index (χ1) is 11.7. The van der Waals surface area contributed by atoms with Crippen LogP contribution in [0.4, 0.5) is 0 Å². The summed E-state index contributed by atoms with van der Waals surface area (Å²) in [5.41, 5.74) is 3.58. The van der Waals surface area contributed by atoms with Crippen LogP contribution in [0.25, 0.3) is 22.4 Å². The van der Waals surface area contributed by atoms with Gasteiger partial charge in [0, 0.05) is 23.9 Å². The van der Waals surface area contributed by atoms with E-state index in [-0.39, 0.29) is 17.5 Å². The highest BCUT2D eigenvalue weighted by Gasteiger charge is 2.41. The number of aromatic nitrogens is 3. The Morgan fingerprint density at radius 2 is 2.00 bits per heavy atom. The van der Waals surface area contributed by atoms with Gasteiger partial charge in [-0.25, -0.2) is 9.97 Å². The van der Waals surface area contributed by atoms with Crippen LogP contribution in [0, 0.1) is 0 Å². The number of amides is 1. The van der Waals surface area contributed by atoms with E-state index in [2.05, 4.69) is 15.0 Å². The van der Waals surface area contributed by atoms with Crippen molar-refractivity contribution in [3.8, 4) is 11.3 Å². The highest BCUT2D eigenvalue weighted by atomic mass is 16.2. The third kappa shape index (κ3) is 1.71. The average molecular weight is 318 g/mol. The molecule has 1 N–H and O–H groups in total. The van der Waals surface area contributed by atoms with Gasteiger partial charge in [-0.2, -0.15) is 0 Å². The molecule has 1 saturated heterocycles. The zero-order valence-corrected chi connectivity index (χ0v) is 12.8. The molecule has 1 atom stereocenters. The van der Waals surface area contributed by atoms with E-state index in [4.69, 9.17) is 0 Å². The molecule has 2 aliphatic rings. The second kappa shape index (κ2) is 4.74. The fourth-order valence-corrected chi connectivity index (χ4v) is 3.89. The SMILES string of the molecule is O=C1c2cccc(-c3nc4cccnc4[nH]c3=O)c2C2CCCN12. The summed E-state index contributed by atoms with van der Waals surface area (Å²) in [6.07, 6.45) is 3.55. The van der Waals surface area contributed by atoms with E-state index in [1.165, 1.54) is 0 Å². The summed E-state index contributed by atoms with van der Waals surface area (Å²) < 4.78 is 0. The van der Waals surface area contributed by atoms with E-state index in [1.54, 1.807) is 12.3 Å². The summed E-state index contributed by atoms with van der Waals surface area (Å²) in [7, 11) is 0. The van der Waals surface area contributed by atoms with Gasteiger partial charge >= 0.3 is 0 Å². The van der Waals surface area contributed by atoms with Gasteiger partial charge in [0.25, 0.3) is 11.5 Å². The standard InChI is InChI=1S/C18H14N4O2/c23-17-15(20-12-6-2-8-19-16(12)21-17)10-4-1-5-11-14(10)13-7-3-9-22(13)18(11)24/h1-2,4-6,8,13H,3,7,9H2,(H,19,21,23). The first-order valence-electron chi connectivity index (χ1n) is 8.03. The smallest absolute Gasteiger partial charge is 0.276 e. The highest BCUT2D eigenvalue weighted by Crippen LogP contribution is 2.44. The number of hydrogen-bond donors (Lipinski definition) is 1. The van der Waals surface area contributed by atoms with Crippen molar-refractivity contribution in [1.29, 1.82) is 0 Å². The van der Waals surface area contributed by atoms with E-state index >= 15 is 0 Å². The number of rotatable bonds is 1. The van der Waals surface area contributed by atoms with Gasteiger partial charge in [0.05, 0.1) is 6.04 Å². The summed E-state index contributed by atoms with van der Waals surface area (Å²) in [5, 5.41) is 0. The van der Waals surface area contributed by atoms with Crippen molar-refractivity contribution in [3.05, 3.63) is 58.0 Å². The number of H-pyrrole nitrogens is 1. The number of hydrogen-bond acceptors (Lipinski definition) is 4. The van der Waals surface area contributed by atoms with Crippen LogP contribution in [0.2, 0.25) is 0 Å². The first-order valence-corrected chi connectivity index (χ1v) is 8.03. The van der Waals surface area contributed by atoms with Crippen molar-refractivity contribution >= 4 is 17.1 Å². The van der Waals surface area contributed by atoms with Gasteiger partial charge in [0.2, 0.25) is 0 Å². The van der Waals surface area contributed by atoms with Crippen molar-refractivity contribution in [2.75, 3.05) is 6.54 Å². The molecule has 24 heavy (non-hydrogen) atoms. The largest absolute Gasteiger partial charge is 0.332 e. The summed E-state index contributed by atoms with van der Waals surface area (Å²) in [6, 6.07) is 9.22. The maximum absolute atomic E-state index is 12.6. The molecule has 118 valence electrons. The van der Waals surface area contributed by atoms with Crippen molar-refractivity contribution < 1.29 is 4.79 Å². The van der Waals surface area contributed by atoms with E-state index in [9.17, 15) is 9.59 Å². The quantitative estimate of drug-likeness (QED) is 0.746. The lowest BCUT2D eigenvalue weighted by molar-refractivity contribution is 0.0776. The molecule has 2 aliphatic heterocycles. The molecule has 0 spiro atoms. The Balaban J connectivity index is 1.79. The normalized spacial score (nSPS) is 18.9. The molecule has 0 radical (unpaired) electrons. The van der Waals surface area contributed by atoms with Crippen LogP contribution >= 0.6 is 0 Å². The molecule has 2 aromatic heterocycles. The molecule has 3 aromatic rings. The molecule has 6 nitrogen and oxygen atoms in total. The number of benzene rings is 1. The van der Waals surface area contributed by atoms with Crippen LogP contribution in [0.3, 0.4) is 0 Å². The third-order valence-corrected chi connectivity index (χ3v) is 4.90. The van der Waals surface area contributed by atoms with Crippen LogP contribution in [0.1, 0.15) is 34.8 Å². The van der Waals surface area contributed by atoms with Crippen molar-refractivity contribution in [2.45, 2.75) is 18.9 Å². The van der Waals surface area contributed by atoms with E-state index in [1.807, 2.05) is 29.2 Å². The second-order valence-electron chi connectivity index (χ2n) is 6.21. The average Bonchev–Trinajstić information content (AvgIpc) is 3.18. The van der Waals surface area contributed by atoms with E-state index < -0.39 is 0 Å². The fraction of sp³-hybridized carbons (Fsp3) is 0.222. The molecule has 1 aromatic carbocycles. The van der Waals surface area contributed by atoms with Crippen LogP contribution in [0.5, 0.6) is 0 Å². The minimum Gasteiger partial charge on any atom is -0.332 e. The lowest BCUT2D eigenvalue weighted by Gasteiger charge is -2.16. The molecule has 6 heteroatoms. The van der Waals surface area contributed by atoms with Gasteiger partial charge in [-0.05, 0) is 36.6 Å². The van der Waals surface area contributed by atoms with E-state index in [0.29, 0.717) is 22.4 Å². The molecular weight excluding hydrogens is 304 g/mol. The monoisotopic (exact) mass is 318 g/mol. The number of nitrogens with zero attached hydrogens (tertiary/aromatic N) is 3. The number of carbonyl (C=O) groups excluding carboxylic acids is 1. The number of nitrogens with one attached hydrogen (secondary N) is 1. The van der Waals surface area contributed by atoms with Crippen LogP contribution < -0.4 is 5.56 Å². The van der Waals surface area contributed by atoms with Gasteiger partial charge in [0.1, 0.15) is 11.2 Å². The van der Waals surface area contributed by atoms with Gasteiger partial charge in [-0.15, -0.1) is 0 Å². The Morgan fingerprint density at radius 1 is 1.12 bits per heavy atom. The zero-order valence-electron chi connectivity index (χ0n) is 12.8. The second-order valence-corrected chi connectivity index (χ2v) is 6.21. The molecule has 1 fully saturated rings. The van der Waals surface area contributed by atoms with Gasteiger partial charge in [-0.1, -0.05) is 12.1 Å². The van der Waals surface area contributed by atoms with Crippen molar-refractivity contribution in [2.24, 2.45) is 0 Å². The predicted octanol–water partition coefficient (Wildman–Crippen LogP) is 2.28. The number of carbonyl (C=O) groups is 1. The Bertz CT molecular complexity index is 1060. The maximum Gasteiger partial charge on any atom is 0.276 e. The van der Waals surface area contributed by atoms with Crippen LogP contribution in [0.15, 0.2) is 41.3 Å². The molecule has 0 aliphatic carbocycles. The van der Waals surface area contributed by atoms with Crippen LogP contribution in [-0.2, 0) is 0 Å². The molecular formula is C18H14N4O2. The maximum atomic E-state index is 12.6.